The first kappa shape index (κ1) is 9.98. The minimum Gasteiger partial charge on any atom is -0.370 e. The van der Waals surface area contributed by atoms with Gasteiger partial charge < -0.3 is 4.90 Å². The molecule has 0 unspecified atom stereocenters. The van der Waals surface area contributed by atoms with Gasteiger partial charge in [-0.15, -0.1) is 11.8 Å². The highest BCUT2D eigenvalue weighted by Gasteiger charge is 2.32. The van der Waals surface area contributed by atoms with Crippen LogP contribution in [0.3, 0.4) is 0 Å². The molecule has 0 N–H and O–H groups in total. The Balaban J connectivity index is 2.18. The molecule has 3 aliphatic heterocycles. The topological polar surface area (TPSA) is 39.9 Å². The molecule has 3 nitrogen and oxygen atoms in total. The molecule has 0 aliphatic carbocycles. The Morgan fingerprint density at radius 1 is 1.50 bits per heavy atom. The molecular formula is C12H13N3S. The number of rotatable bonds is 1. The summed E-state index contributed by atoms with van der Waals surface area (Å²) in [6, 6.07) is 4.27. The van der Waals surface area contributed by atoms with Gasteiger partial charge in [-0.25, -0.2) is 4.98 Å². The van der Waals surface area contributed by atoms with Crippen molar-refractivity contribution < 1.29 is 0 Å². The van der Waals surface area contributed by atoms with E-state index in [0.29, 0.717) is 5.92 Å². The second-order valence-corrected chi connectivity index (χ2v) is 5.12. The molecule has 4 heteroatoms. The number of thioether (sulfide) groups is 1. The maximum absolute atomic E-state index is 9.10. The molecule has 3 aliphatic rings. The Morgan fingerprint density at radius 3 is 2.88 bits per heavy atom. The molecule has 0 aromatic carbocycles. The van der Waals surface area contributed by atoms with E-state index in [2.05, 4.69) is 16.0 Å². The number of nitrogens with zero attached hydrogens (tertiary/aromatic N) is 3. The predicted octanol–water partition coefficient (Wildman–Crippen LogP) is 2.37. The molecule has 0 atom stereocenters. The minimum absolute atomic E-state index is 0.624. The summed E-state index contributed by atoms with van der Waals surface area (Å²) in [7, 11) is 0. The van der Waals surface area contributed by atoms with E-state index < -0.39 is 0 Å². The van der Waals surface area contributed by atoms with Crippen molar-refractivity contribution in [2.75, 3.05) is 24.2 Å². The molecule has 1 fully saturated rings. The number of fused-ring (bicyclic) bond motifs is 2. The van der Waals surface area contributed by atoms with E-state index in [4.69, 9.17) is 5.26 Å². The van der Waals surface area contributed by atoms with Gasteiger partial charge in [0.15, 0.2) is 0 Å². The van der Waals surface area contributed by atoms with Crippen LogP contribution in [0.2, 0.25) is 0 Å². The van der Waals surface area contributed by atoms with Crippen LogP contribution >= 0.6 is 11.8 Å². The Labute approximate surface area is 99.5 Å². The lowest BCUT2D eigenvalue weighted by Gasteiger charge is -2.41. The zero-order valence-electron chi connectivity index (χ0n) is 9.23. The van der Waals surface area contributed by atoms with E-state index in [1.807, 2.05) is 12.3 Å². The SMILES string of the molecule is CSc1nc2c(cc1C#N)N1CCC2CC1. The van der Waals surface area contributed by atoms with Gasteiger partial charge in [0.25, 0.3) is 0 Å². The van der Waals surface area contributed by atoms with E-state index in [0.717, 1.165) is 23.7 Å². The zero-order valence-corrected chi connectivity index (χ0v) is 10.0. The van der Waals surface area contributed by atoms with E-state index in [-0.39, 0.29) is 0 Å². The molecule has 1 aromatic heterocycles. The van der Waals surface area contributed by atoms with Crippen molar-refractivity contribution in [1.29, 1.82) is 5.26 Å². The maximum atomic E-state index is 9.10. The van der Waals surface area contributed by atoms with Crippen LogP contribution in [0.1, 0.15) is 30.0 Å². The molecule has 0 radical (unpaired) electrons. The standard InChI is InChI=1S/C12H13N3S/c1-16-12-9(7-13)6-10-11(14-12)8-2-4-15(10)5-3-8/h6,8H,2-5H2,1H3. The van der Waals surface area contributed by atoms with Gasteiger partial charge in [-0.05, 0) is 25.2 Å². The average Bonchev–Trinajstić information content (AvgIpc) is 2.38. The summed E-state index contributed by atoms with van der Waals surface area (Å²) in [5.74, 6) is 0.624. The zero-order chi connectivity index (χ0) is 11.1. The first-order valence-electron chi connectivity index (χ1n) is 5.57. The molecule has 1 aromatic rings. The number of anilines is 1. The van der Waals surface area contributed by atoms with Gasteiger partial charge in [0.2, 0.25) is 0 Å². The molecule has 4 rings (SSSR count). The predicted molar refractivity (Wildman–Crippen MR) is 64.9 cm³/mol. The van der Waals surface area contributed by atoms with Gasteiger partial charge in [0.05, 0.1) is 16.9 Å². The highest BCUT2D eigenvalue weighted by Crippen LogP contribution is 2.42. The van der Waals surface area contributed by atoms with Crippen LogP contribution in [-0.4, -0.2) is 24.3 Å². The van der Waals surface area contributed by atoms with Gasteiger partial charge in [-0.2, -0.15) is 5.26 Å². The second-order valence-electron chi connectivity index (χ2n) is 4.32. The van der Waals surface area contributed by atoms with Crippen LogP contribution in [0.25, 0.3) is 0 Å². The average molecular weight is 231 g/mol. The summed E-state index contributed by atoms with van der Waals surface area (Å²) in [5.41, 5.74) is 3.15. The first-order chi connectivity index (χ1) is 7.83. The lowest BCUT2D eigenvalue weighted by Crippen LogP contribution is -2.39. The van der Waals surface area contributed by atoms with Crippen LogP contribution in [0, 0.1) is 11.3 Å². The van der Waals surface area contributed by atoms with E-state index >= 15 is 0 Å². The summed E-state index contributed by atoms with van der Waals surface area (Å²) in [5, 5.41) is 9.98. The fourth-order valence-corrected chi connectivity index (χ4v) is 3.20. The summed E-state index contributed by atoms with van der Waals surface area (Å²) >= 11 is 1.57. The third-order valence-corrected chi connectivity index (χ3v) is 4.23. The van der Waals surface area contributed by atoms with Crippen LogP contribution in [-0.2, 0) is 0 Å². The van der Waals surface area contributed by atoms with Gasteiger partial charge in [-0.1, -0.05) is 0 Å². The fourth-order valence-electron chi connectivity index (χ4n) is 2.68. The number of hydrogen-bond donors (Lipinski definition) is 0. The maximum Gasteiger partial charge on any atom is 0.114 e. The van der Waals surface area contributed by atoms with Gasteiger partial charge in [0.1, 0.15) is 11.1 Å². The first-order valence-corrected chi connectivity index (χ1v) is 6.80. The number of piperidine rings is 1. The molecular weight excluding hydrogens is 218 g/mol. The van der Waals surface area contributed by atoms with Crippen molar-refractivity contribution in [2.24, 2.45) is 0 Å². The summed E-state index contributed by atoms with van der Waals surface area (Å²) in [4.78, 5) is 7.05. The van der Waals surface area contributed by atoms with Crippen molar-refractivity contribution in [3.8, 4) is 6.07 Å². The van der Waals surface area contributed by atoms with Crippen LogP contribution in [0.5, 0.6) is 0 Å². The van der Waals surface area contributed by atoms with Gasteiger partial charge >= 0.3 is 0 Å². The van der Waals surface area contributed by atoms with Gasteiger partial charge in [0, 0.05) is 19.0 Å². The van der Waals surface area contributed by atoms with Crippen LogP contribution in [0.15, 0.2) is 11.1 Å². The number of hydrogen-bond acceptors (Lipinski definition) is 4. The third-order valence-electron chi connectivity index (χ3n) is 3.53. The van der Waals surface area contributed by atoms with Crippen LogP contribution in [0.4, 0.5) is 5.69 Å². The third kappa shape index (κ3) is 1.31. The van der Waals surface area contributed by atoms with E-state index in [1.54, 1.807) is 11.8 Å². The van der Waals surface area contributed by atoms with Crippen molar-refractivity contribution in [3.05, 3.63) is 17.3 Å². The lowest BCUT2D eigenvalue weighted by atomic mass is 9.86. The molecule has 82 valence electrons. The monoisotopic (exact) mass is 231 g/mol. The highest BCUT2D eigenvalue weighted by molar-refractivity contribution is 7.98. The van der Waals surface area contributed by atoms with Crippen molar-refractivity contribution in [1.82, 2.24) is 4.98 Å². The number of aromatic nitrogens is 1. The van der Waals surface area contributed by atoms with E-state index in [1.165, 1.54) is 24.2 Å². The molecule has 0 spiro atoms. The Kier molecular flexibility index (Phi) is 2.29. The normalized spacial score (nSPS) is 18.4. The minimum atomic E-state index is 0.624. The lowest BCUT2D eigenvalue weighted by molar-refractivity contribution is 0.461. The largest absolute Gasteiger partial charge is 0.370 e. The summed E-state index contributed by atoms with van der Waals surface area (Å²) in [6.45, 7) is 2.26. The molecule has 2 bridgehead atoms. The quantitative estimate of drug-likeness (QED) is 0.696. The van der Waals surface area contributed by atoms with Crippen molar-refractivity contribution in [3.63, 3.8) is 0 Å². The Bertz CT molecular complexity index is 470. The Morgan fingerprint density at radius 2 is 2.25 bits per heavy atom. The van der Waals surface area contributed by atoms with Crippen LogP contribution < -0.4 is 4.90 Å². The number of pyridine rings is 1. The fraction of sp³-hybridized carbons (Fsp3) is 0.500. The second kappa shape index (κ2) is 3.67. The van der Waals surface area contributed by atoms with Crippen molar-refractivity contribution in [2.45, 2.75) is 23.8 Å². The van der Waals surface area contributed by atoms with Crippen molar-refractivity contribution >= 4 is 17.4 Å². The summed E-state index contributed by atoms with van der Waals surface area (Å²) in [6.07, 6.45) is 4.43. The van der Waals surface area contributed by atoms with E-state index in [9.17, 15) is 0 Å². The van der Waals surface area contributed by atoms with Gasteiger partial charge in [-0.3, -0.25) is 0 Å². The summed E-state index contributed by atoms with van der Waals surface area (Å²) < 4.78 is 0. The highest BCUT2D eigenvalue weighted by atomic mass is 32.2. The number of nitriles is 1. The molecule has 0 amide bonds. The molecule has 4 heterocycles. The molecule has 0 saturated carbocycles. The molecule has 16 heavy (non-hydrogen) atoms. The smallest absolute Gasteiger partial charge is 0.114 e. The molecule has 1 saturated heterocycles. The Hall–Kier alpha value is -1.21.